The van der Waals surface area contributed by atoms with Gasteiger partial charge < -0.3 is 20.3 Å². The minimum atomic E-state index is -0.433. The Morgan fingerprint density at radius 3 is 2.63 bits per heavy atom. The molecule has 6 heteroatoms. The Kier molecular flexibility index (Phi) is 6.05. The zero-order chi connectivity index (χ0) is 19.4. The topological polar surface area (TPSA) is 75.9 Å². The van der Waals surface area contributed by atoms with Crippen molar-refractivity contribution in [1.29, 1.82) is 0 Å². The highest BCUT2D eigenvalue weighted by Crippen LogP contribution is 2.40. The number of nitrogens with zero attached hydrogens (tertiary/aromatic N) is 2. The molecule has 0 aromatic heterocycles. The summed E-state index contributed by atoms with van der Waals surface area (Å²) >= 11 is 0. The lowest BCUT2D eigenvalue weighted by atomic mass is 9.78. The van der Waals surface area contributed by atoms with E-state index in [0.29, 0.717) is 18.1 Å². The van der Waals surface area contributed by atoms with E-state index >= 15 is 0 Å². The van der Waals surface area contributed by atoms with Gasteiger partial charge in [0.1, 0.15) is 5.75 Å². The summed E-state index contributed by atoms with van der Waals surface area (Å²) in [6.45, 7) is 8.55. The number of primary amides is 1. The van der Waals surface area contributed by atoms with Crippen LogP contribution in [0.15, 0.2) is 24.3 Å². The van der Waals surface area contributed by atoms with Gasteiger partial charge in [-0.05, 0) is 70.3 Å². The molecular weight excluding hydrogens is 342 g/mol. The molecule has 2 heterocycles. The minimum absolute atomic E-state index is 0.159. The number of benzene rings is 1. The van der Waals surface area contributed by atoms with Crippen LogP contribution < -0.4 is 10.5 Å². The normalized spacial score (nSPS) is 23.4. The van der Waals surface area contributed by atoms with E-state index in [2.05, 4.69) is 23.6 Å². The van der Waals surface area contributed by atoms with Gasteiger partial charge in [0.25, 0.3) is 0 Å². The fourth-order valence-corrected chi connectivity index (χ4v) is 4.31. The van der Waals surface area contributed by atoms with Gasteiger partial charge in [0.15, 0.2) is 0 Å². The van der Waals surface area contributed by atoms with E-state index in [4.69, 9.17) is 10.5 Å². The maximum absolute atomic E-state index is 13.0. The summed E-state index contributed by atoms with van der Waals surface area (Å²) in [5.74, 6) is 0.669. The van der Waals surface area contributed by atoms with Crippen molar-refractivity contribution in [2.45, 2.75) is 45.6 Å². The number of hydrogen-bond acceptors (Lipinski definition) is 4. The molecule has 6 nitrogen and oxygen atoms in total. The summed E-state index contributed by atoms with van der Waals surface area (Å²) in [6, 6.07) is 7.19. The van der Waals surface area contributed by atoms with Gasteiger partial charge in [-0.15, -0.1) is 0 Å². The third kappa shape index (κ3) is 4.43. The van der Waals surface area contributed by atoms with Crippen LogP contribution in [-0.2, 0) is 4.79 Å². The summed E-state index contributed by atoms with van der Waals surface area (Å²) in [5, 5.41) is 0. The van der Waals surface area contributed by atoms with Gasteiger partial charge in [0.05, 0.1) is 12.0 Å². The van der Waals surface area contributed by atoms with Crippen LogP contribution >= 0.6 is 0 Å². The summed E-state index contributed by atoms with van der Waals surface area (Å²) in [6.07, 6.45) is 4.02. The second-order valence-corrected chi connectivity index (χ2v) is 8.09. The molecule has 0 saturated carbocycles. The summed E-state index contributed by atoms with van der Waals surface area (Å²) < 4.78 is 5.75. The lowest BCUT2D eigenvalue weighted by Gasteiger charge is -2.41. The third-order valence-electron chi connectivity index (χ3n) is 5.85. The number of piperidine rings is 1. The highest BCUT2D eigenvalue weighted by molar-refractivity contribution is 5.92. The number of likely N-dealkylation sites (tertiary alicyclic amines) is 2. The number of carbonyl (C=O) groups excluding carboxylic acids is 2. The third-order valence-corrected chi connectivity index (χ3v) is 5.85. The molecule has 0 bridgehead atoms. The van der Waals surface area contributed by atoms with E-state index in [9.17, 15) is 9.59 Å². The van der Waals surface area contributed by atoms with Crippen LogP contribution in [0.4, 0.5) is 0 Å². The Hall–Kier alpha value is -2.08. The maximum Gasteiger partial charge on any atom is 0.248 e. The van der Waals surface area contributed by atoms with Gasteiger partial charge in [0, 0.05) is 31.2 Å². The van der Waals surface area contributed by atoms with Gasteiger partial charge in [0.2, 0.25) is 11.8 Å². The van der Waals surface area contributed by atoms with Crippen molar-refractivity contribution in [3.8, 4) is 5.75 Å². The summed E-state index contributed by atoms with van der Waals surface area (Å²) in [7, 11) is 0. The van der Waals surface area contributed by atoms with E-state index in [1.54, 1.807) is 24.3 Å². The predicted octanol–water partition coefficient (Wildman–Crippen LogP) is 2.28. The second kappa shape index (κ2) is 8.30. The van der Waals surface area contributed by atoms with Crippen molar-refractivity contribution >= 4 is 11.8 Å². The van der Waals surface area contributed by atoms with Crippen LogP contribution in [0, 0.1) is 5.41 Å². The molecular formula is C21H31N3O3. The maximum atomic E-state index is 13.0. The van der Waals surface area contributed by atoms with Gasteiger partial charge >= 0.3 is 0 Å². The van der Waals surface area contributed by atoms with Gasteiger partial charge in [-0.1, -0.05) is 0 Å². The molecule has 27 heavy (non-hydrogen) atoms. The standard InChI is InChI=1S/C21H31N3O3/c1-16(2)24-12-3-9-21(20(24)26)10-13-23(15-21)11-4-14-27-18-7-5-17(6-8-18)19(22)25/h5-8,16H,3-4,9-15H2,1-2H3,(H2,22,25). The molecule has 2 aliphatic rings. The number of amides is 2. The van der Waals surface area contributed by atoms with Crippen molar-refractivity contribution < 1.29 is 14.3 Å². The minimum Gasteiger partial charge on any atom is -0.494 e. The monoisotopic (exact) mass is 373 g/mol. The summed E-state index contributed by atoms with van der Waals surface area (Å²) in [5.41, 5.74) is 5.56. The molecule has 2 aliphatic heterocycles. The molecule has 3 rings (SSSR count). The van der Waals surface area contributed by atoms with Crippen molar-refractivity contribution in [2.75, 3.05) is 32.8 Å². The first-order valence-corrected chi connectivity index (χ1v) is 9.97. The van der Waals surface area contributed by atoms with Crippen LogP contribution in [0.1, 0.15) is 49.9 Å². The molecule has 0 radical (unpaired) electrons. The van der Waals surface area contributed by atoms with Crippen LogP contribution in [0.5, 0.6) is 5.75 Å². The average Bonchev–Trinajstić information content (AvgIpc) is 3.05. The van der Waals surface area contributed by atoms with E-state index in [1.165, 1.54) is 0 Å². The van der Waals surface area contributed by atoms with E-state index in [0.717, 1.165) is 57.6 Å². The quantitative estimate of drug-likeness (QED) is 0.744. The molecule has 1 aromatic carbocycles. The average molecular weight is 373 g/mol. The Balaban J connectivity index is 1.44. The van der Waals surface area contributed by atoms with Crippen LogP contribution in [-0.4, -0.2) is 60.4 Å². The lowest BCUT2D eigenvalue weighted by Crippen LogP contribution is -2.52. The van der Waals surface area contributed by atoms with Crippen molar-refractivity contribution in [3.63, 3.8) is 0 Å². The van der Waals surface area contributed by atoms with E-state index in [-0.39, 0.29) is 11.5 Å². The largest absolute Gasteiger partial charge is 0.494 e. The SMILES string of the molecule is CC(C)N1CCCC2(CCN(CCCOc3ccc(C(N)=O)cc3)C2)C1=O. The summed E-state index contributed by atoms with van der Waals surface area (Å²) in [4.78, 5) is 28.5. The smallest absolute Gasteiger partial charge is 0.248 e. The molecule has 1 aromatic rings. The number of nitrogens with two attached hydrogens (primary N) is 1. The zero-order valence-electron chi connectivity index (χ0n) is 16.4. The van der Waals surface area contributed by atoms with E-state index in [1.807, 2.05) is 0 Å². The fourth-order valence-electron chi connectivity index (χ4n) is 4.31. The number of hydrogen-bond donors (Lipinski definition) is 1. The van der Waals surface area contributed by atoms with E-state index < -0.39 is 5.91 Å². The van der Waals surface area contributed by atoms with Crippen LogP contribution in [0.2, 0.25) is 0 Å². The first-order valence-electron chi connectivity index (χ1n) is 9.97. The van der Waals surface area contributed by atoms with Crippen LogP contribution in [0.25, 0.3) is 0 Å². The number of rotatable bonds is 7. The Morgan fingerprint density at radius 1 is 1.22 bits per heavy atom. The molecule has 2 amide bonds. The van der Waals surface area contributed by atoms with Gasteiger partial charge in [-0.3, -0.25) is 9.59 Å². The molecule has 2 N–H and O–H groups in total. The fraction of sp³-hybridized carbons (Fsp3) is 0.619. The molecule has 148 valence electrons. The molecule has 1 spiro atoms. The molecule has 1 unspecified atom stereocenters. The first-order chi connectivity index (χ1) is 12.9. The highest BCUT2D eigenvalue weighted by atomic mass is 16.5. The molecule has 2 saturated heterocycles. The van der Waals surface area contributed by atoms with Crippen molar-refractivity contribution in [3.05, 3.63) is 29.8 Å². The zero-order valence-corrected chi connectivity index (χ0v) is 16.4. The predicted molar refractivity (Wildman–Crippen MR) is 105 cm³/mol. The number of carbonyl (C=O) groups is 2. The first kappa shape index (κ1) is 19.7. The molecule has 0 aliphatic carbocycles. The van der Waals surface area contributed by atoms with Crippen molar-refractivity contribution in [2.24, 2.45) is 11.1 Å². The van der Waals surface area contributed by atoms with Crippen molar-refractivity contribution in [1.82, 2.24) is 9.80 Å². The van der Waals surface area contributed by atoms with Gasteiger partial charge in [-0.25, -0.2) is 0 Å². The Morgan fingerprint density at radius 2 is 1.96 bits per heavy atom. The van der Waals surface area contributed by atoms with Gasteiger partial charge in [-0.2, -0.15) is 0 Å². The highest BCUT2D eigenvalue weighted by Gasteiger charge is 2.48. The Bertz CT molecular complexity index is 674. The van der Waals surface area contributed by atoms with Crippen LogP contribution in [0.3, 0.4) is 0 Å². The lowest BCUT2D eigenvalue weighted by molar-refractivity contribution is -0.147. The second-order valence-electron chi connectivity index (χ2n) is 8.09. The Labute approximate surface area is 161 Å². The molecule has 1 atom stereocenters. The number of ether oxygens (including phenoxy) is 1. The molecule has 2 fully saturated rings.